The standard InChI is InChI=1S/C20H40NO5PS.C15H31O5PS.C13H28NO5PS.C12H28NO3PS.C11H26NO3PS.C9H21O3PS/c1-18(2,3)25-27(23,26-19(4,5)6)28-16-24-17(22)20(7,8)12-15-21-13-10-9-11-14-21;1-13(2,3)12(16)18-10-11-22-21(17,19-14(4,5)6)20-15(7,8)9;1-11(2,3)18-20(16,19-12(4,5)6)21-9-17-10(15)13(7,8)14;1-11(2,3)15-17(14,16-12(4,5)6)18-10-9-13(7)8;1-10(2,3)14-16(13,15-11(4,5)6)17-9-12(7)8;1-8(2,3)11-13(10,14-7)12-9(4,5)6/h9-16H2,1-8H3;10-11H2,1-9H3;9,14H2,1-8H3;9-10H2,1-8H3;9H2,1-8H3;1-7H3. The van der Waals surface area contributed by atoms with E-state index >= 15 is 0 Å². The molecule has 1 aliphatic rings. The third-order valence-corrected chi connectivity index (χ3v) is 35.6. The van der Waals surface area contributed by atoms with Gasteiger partial charge in [-0.15, -0.1) is 0 Å². The Morgan fingerprint density at radius 2 is 0.575 bits per heavy atom. The van der Waals surface area contributed by atoms with Gasteiger partial charge in [0.15, 0.2) is 0 Å². The Morgan fingerprint density at radius 1 is 0.325 bits per heavy atom. The van der Waals surface area contributed by atoms with Crippen molar-refractivity contribution in [2.24, 2.45) is 16.6 Å². The Labute approximate surface area is 755 Å². The van der Waals surface area contributed by atoms with Crippen molar-refractivity contribution in [2.75, 3.05) is 96.5 Å². The van der Waals surface area contributed by atoms with E-state index in [1.165, 1.54) is 55.9 Å². The highest BCUT2D eigenvalue weighted by Gasteiger charge is 2.43. The van der Waals surface area contributed by atoms with E-state index in [1.807, 2.05) is 260 Å². The van der Waals surface area contributed by atoms with Crippen molar-refractivity contribution < 1.29 is 110 Å². The normalized spacial score (nSPS) is 15.0. The zero-order valence-corrected chi connectivity index (χ0v) is 94.0. The Morgan fingerprint density at radius 3 is 0.817 bits per heavy atom. The van der Waals surface area contributed by atoms with Crippen LogP contribution in [0.2, 0.25) is 0 Å². The molecule has 2 N–H and O–H groups in total. The van der Waals surface area contributed by atoms with Crippen LogP contribution in [0.3, 0.4) is 0 Å². The van der Waals surface area contributed by atoms with E-state index in [4.69, 9.17) is 74.2 Å². The number of carbonyl (C=O) groups is 3. The summed E-state index contributed by atoms with van der Waals surface area (Å²) in [6.45, 7) is 63.1. The van der Waals surface area contributed by atoms with E-state index in [2.05, 4.69) is 4.90 Å². The lowest BCUT2D eigenvalue weighted by Gasteiger charge is -2.32. The molecule has 1 rings (SSSR count). The molecular formula is C80H174N4O24P6S6. The van der Waals surface area contributed by atoms with Crippen LogP contribution in [0.1, 0.15) is 323 Å². The fourth-order valence-electron chi connectivity index (χ4n) is 7.89. The SMILES string of the molecule is CC(C)(C)OP(=O)(OC(C)(C)C)SCCOC(=O)C(C)(C)C.CC(C)(C)OP(=O)(OC(C)(C)C)SCOC(=O)C(C)(C)CCN1CCCCC1.CC(C)(C)OP(=O)(OC(C)(C)C)SCOC(=O)C(C)(C)N.CN(C)CCSP(=O)(OC(C)(C)C)OC(C)(C)C.CN(C)CSP(=O)(OC(C)(C)C)OC(C)(C)C.CSP(=O)(OC(C)(C)C)OC(C)(C)C. The zero-order chi connectivity index (χ0) is 96.7. The summed E-state index contributed by atoms with van der Waals surface area (Å²) in [5.74, 6) is 0.322. The van der Waals surface area contributed by atoms with Gasteiger partial charge in [-0.1, -0.05) is 6.42 Å². The van der Waals surface area contributed by atoms with Crippen LogP contribution in [0.15, 0.2) is 0 Å². The maximum absolute atomic E-state index is 13.1. The first-order valence-corrected chi connectivity index (χ1v) is 59.6. The van der Waals surface area contributed by atoms with Crippen LogP contribution >= 0.6 is 109 Å². The second kappa shape index (κ2) is 52.6. The van der Waals surface area contributed by atoms with E-state index in [9.17, 15) is 41.8 Å². The van der Waals surface area contributed by atoms with Gasteiger partial charge in [-0.2, -0.15) is 0 Å². The number of nitrogens with zero attached hydrogens (tertiary/aromatic N) is 3. The van der Waals surface area contributed by atoms with Gasteiger partial charge in [0, 0.05) is 40.8 Å². The van der Waals surface area contributed by atoms with Crippen LogP contribution in [-0.4, -0.2) is 202 Å². The highest BCUT2D eigenvalue weighted by atomic mass is 32.7. The second-order valence-corrected chi connectivity index (χ2v) is 66.9. The molecule has 0 unspecified atom stereocenters. The third-order valence-electron chi connectivity index (χ3n) is 11.7. The van der Waals surface area contributed by atoms with Crippen molar-refractivity contribution >= 4 is 127 Å². The molecule has 0 atom stereocenters. The predicted molar refractivity (Wildman–Crippen MR) is 513 cm³/mol. The topological polar surface area (TPSA) is 328 Å². The van der Waals surface area contributed by atoms with Crippen molar-refractivity contribution in [3.63, 3.8) is 0 Å². The summed E-state index contributed by atoms with van der Waals surface area (Å²) in [6, 6.07) is 0. The molecule has 0 aromatic rings. The quantitative estimate of drug-likeness (QED) is 0.0202. The zero-order valence-electron chi connectivity index (χ0n) is 83.7. The summed E-state index contributed by atoms with van der Waals surface area (Å²) in [4.78, 5) is 42.2. The van der Waals surface area contributed by atoms with Gasteiger partial charge in [0.2, 0.25) is 0 Å². The molecule has 120 heavy (non-hydrogen) atoms. The van der Waals surface area contributed by atoms with Crippen LogP contribution in [0.4, 0.5) is 0 Å². The molecule has 0 spiro atoms. The van der Waals surface area contributed by atoms with E-state index in [-0.39, 0.29) is 30.4 Å². The molecule has 0 saturated carbocycles. The van der Waals surface area contributed by atoms with E-state index in [0.717, 1.165) is 83.9 Å². The van der Waals surface area contributed by atoms with Crippen molar-refractivity contribution in [3.05, 3.63) is 0 Å². The molecule has 0 aliphatic carbocycles. The van der Waals surface area contributed by atoms with Crippen molar-refractivity contribution in [2.45, 2.75) is 396 Å². The second-order valence-electron chi connectivity index (χ2n) is 43.1. The number of nitrogens with two attached hydrogens (primary N) is 1. The molecule has 0 aromatic heterocycles. The summed E-state index contributed by atoms with van der Waals surface area (Å²) in [5, 5.41) is 0. The molecule has 724 valence electrons. The Kier molecular flexibility index (Phi) is 56.9. The molecule has 0 aromatic carbocycles. The molecule has 1 heterocycles. The molecular weight excluding hydrogens is 1780 g/mol. The highest BCUT2D eigenvalue weighted by molar-refractivity contribution is 8.56. The fraction of sp³-hybridized carbons (Fsp3) is 0.963. The summed E-state index contributed by atoms with van der Waals surface area (Å²) in [5.41, 5.74) is -3.19. The number of likely N-dealkylation sites (tertiary alicyclic amines) is 1. The monoisotopic (exact) mass is 1950 g/mol. The van der Waals surface area contributed by atoms with Gasteiger partial charge in [0.05, 0.1) is 83.9 Å². The predicted octanol–water partition coefficient (Wildman–Crippen LogP) is 26.7. The summed E-state index contributed by atoms with van der Waals surface area (Å²) >= 11 is 6.46. The van der Waals surface area contributed by atoms with Gasteiger partial charge < -0.3 is 29.7 Å². The smallest absolute Gasteiger partial charge is 0.393 e. The van der Waals surface area contributed by atoms with Crippen LogP contribution in [-0.2, 0) is 110 Å². The van der Waals surface area contributed by atoms with Gasteiger partial charge in [-0.25, -0.2) is 27.4 Å². The summed E-state index contributed by atoms with van der Waals surface area (Å²) in [6.07, 6.45) is 6.24. The number of carbonyl (C=O) groups excluding carboxylic acids is 3. The third kappa shape index (κ3) is 81.3. The molecule has 0 radical (unpaired) electrons. The number of esters is 3. The first-order chi connectivity index (χ1) is 52.3. The minimum absolute atomic E-state index is 0.0601. The van der Waals surface area contributed by atoms with Crippen molar-refractivity contribution in [1.29, 1.82) is 0 Å². The highest BCUT2D eigenvalue weighted by Crippen LogP contribution is 2.69. The minimum Gasteiger partial charge on any atom is -0.464 e. The van der Waals surface area contributed by atoms with E-state index in [0.29, 0.717) is 11.6 Å². The maximum atomic E-state index is 13.1. The molecule has 0 bridgehead atoms. The maximum Gasteiger partial charge on any atom is 0.393 e. The van der Waals surface area contributed by atoms with Gasteiger partial charge in [-0.05, 0) is 417 Å². The number of rotatable bonds is 35. The number of piperidine rings is 1. The lowest BCUT2D eigenvalue weighted by atomic mass is 9.89. The van der Waals surface area contributed by atoms with Crippen molar-refractivity contribution in [3.8, 4) is 0 Å². The number of ether oxygens (including phenoxy) is 3. The first-order valence-electron chi connectivity index (χ1n) is 40.5. The number of hydrogen-bond acceptors (Lipinski definition) is 34. The average molecular weight is 1950 g/mol. The lowest BCUT2D eigenvalue weighted by molar-refractivity contribution is -0.152. The molecule has 0 amide bonds. The Hall–Kier alpha value is 1.25. The largest absolute Gasteiger partial charge is 0.464 e. The lowest BCUT2D eigenvalue weighted by Crippen LogP contribution is -2.42. The van der Waals surface area contributed by atoms with Crippen LogP contribution in [0, 0.1) is 10.8 Å². The molecule has 28 nitrogen and oxygen atoms in total. The first kappa shape index (κ1) is 130. The van der Waals surface area contributed by atoms with Crippen LogP contribution < -0.4 is 5.73 Å². The fourth-order valence-corrected chi connectivity index (χ4v) is 32.9. The van der Waals surface area contributed by atoms with Gasteiger partial charge in [0.1, 0.15) is 24.0 Å². The van der Waals surface area contributed by atoms with Crippen molar-refractivity contribution in [1.82, 2.24) is 14.7 Å². The Balaban J connectivity index is -0.000000447. The summed E-state index contributed by atoms with van der Waals surface area (Å²) in [7, 11) is 7.82. The molecule has 1 aliphatic heterocycles. The van der Waals surface area contributed by atoms with Crippen LogP contribution in [0.5, 0.6) is 0 Å². The molecule has 1 saturated heterocycles. The van der Waals surface area contributed by atoms with E-state index in [1.54, 1.807) is 68.6 Å². The molecule has 40 heteroatoms. The Bertz CT molecular complexity index is 3140. The van der Waals surface area contributed by atoms with Gasteiger partial charge >= 0.3 is 58.7 Å². The minimum atomic E-state index is -3.48. The van der Waals surface area contributed by atoms with Gasteiger partial charge in [0.25, 0.3) is 0 Å². The van der Waals surface area contributed by atoms with E-state index < -0.39 is 130 Å². The molecule has 1 fully saturated rings. The van der Waals surface area contributed by atoms with Crippen LogP contribution in [0.25, 0.3) is 0 Å². The summed E-state index contributed by atoms with van der Waals surface area (Å²) < 4.78 is 159. The average Bonchev–Trinajstić information content (AvgIpc) is 1.74. The van der Waals surface area contributed by atoms with Gasteiger partial charge in [-0.3, -0.25) is 73.6 Å². The number of hydrogen-bond donors (Lipinski definition) is 1.